The molecule has 1 heterocycles. The first kappa shape index (κ1) is 11.5. The highest BCUT2D eigenvalue weighted by molar-refractivity contribution is 5.43. The number of nitrogens with zero attached hydrogens (tertiary/aromatic N) is 4. The number of nitro benzene ring substituents is 1. The first-order chi connectivity index (χ1) is 8.16. The molecule has 0 N–H and O–H groups in total. The minimum absolute atomic E-state index is 0.0434. The summed E-state index contributed by atoms with van der Waals surface area (Å²) in [5.74, 6) is 0. The van der Waals surface area contributed by atoms with E-state index in [4.69, 9.17) is 4.74 Å². The molecule has 0 radical (unpaired) electrons. The van der Waals surface area contributed by atoms with Crippen LogP contribution >= 0.6 is 0 Å². The summed E-state index contributed by atoms with van der Waals surface area (Å²) in [6.45, 7) is 3.05. The monoisotopic (exact) mass is 236 g/mol. The van der Waals surface area contributed by atoms with Crippen LogP contribution in [0.5, 0.6) is 0 Å². The van der Waals surface area contributed by atoms with Crippen LogP contribution in [-0.4, -0.2) is 29.3 Å². The molecule has 7 nitrogen and oxygen atoms in total. The molecule has 2 rings (SSSR count). The fraction of sp³-hybridized carbons (Fsp3) is 0.400. The molecular weight excluding hydrogens is 224 g/mol. The Morgan fingerprint density at radius 1 is 1.47 bits per heavy atom. The third-order valence-electron chi connectivity index (χ3n) is 2.43. The largest absolute Gasteiger partial charge is 0.357 e. The van der Waals surface area contributed by atoms with Crippen molar-refractivity contribution in [3.63, 3.8) is 0 Å². The molecule has 1 atom stereocenters. The zero-order chi connectivity index (χ0) is 12.3. The summed E-state index contributed by atoms with van der Waals surface area (Å²) in [7, 11) is 0. The highest BCUT2D eigenvalue weighted by Crippen LogP contribution is 2.19. The minimum Gasteiger partial charge on any atom is -0.357 e. The van der Waals surface area contributed by atoms with Gasteiger partial charge in [-0.15, -0.1) is 5.11 Å². The van der Waals surface area contributed by atoms with E-state index < -0.39 is 4.92 Å². The van der Waals surface area contributed by atoms with Gasteiger partial charge in [0.05, 0.1) is 23.3 Å². The molecule has 0 aliphatic carbocycles. The first-order valence-corrected chi connectivity index (χ1v) is 5.17. The summed E-state index contributed by atoms with van der Waals surface area (Å²) in [5, 5.41) is 20.2. The highest BCUT2D eigenvalue weighted by Gasteiger charge is 2.19. The SMILES string of the molecule is CC1COCN1N=Nc1ccc([N+](=O)[O-])cc1. The molecule has 1 aromatic rings. The molecule has 0 aromatic heterocycles. The molecular formula is C10H12N4O3. The second-order valence-electron chi connectivity index (χ2n) is 3.75. The number of ether oxygens (including phenoxy) is 1. The Balaban J connectivity index is 2.03. The van der Waals surface area contributed by atoms with Gasteiger partial charge in [-0.05, 0) is 19.1 Å². The van der Waals surface area contributed by atoms with Gasteiger partial charge in [0.2, 0.25) is 0 Å². The molecule has 1 aliphatic heterocycles. The molecule has 90 valence electrons. The Morgan fingerprint density at radius 2 is 2.18 bits per heavy atom. The van der Waals surface area contributed by atoms with Crippen LogP contribution in [0.4, 0.5) is 11.4 Å². The van der Waals surface area contributed by atoms with Crippen molar-refractivity contribution in [2.24, 2.45) is 10.3 Å². The number of hydrogen-bond donors (Lipinski definition) is 0. The van der Waals surface area contributed by atoms with Gasteiger partial charge < -0.3 is 4.74 Å². The molecule has 7 heteroatoms. The van der Waals surface area contributed by atoms with Gasteiger partial charge in [-0.3, -0.25) is 10.1 Å². The van der Waals surface area contributed by atoms with E-state index in [1.807, 2.05) is 6.92 Å². The summed E-state index contributed by atoms with van der Waals surface area (Å²) < 4.78 is 5.19. The number of hydrogen-bond acceptors (Lipinski definition) is 5. The van der Waals surface area contributed by atoms with Crippen LogP contribution in [0.3, 0.4) is 0 Å². The lowest BCUT2D eigenvalue weighted by molar-refractivity contribution is -0.384. The van der Waals surface area contributed by atoms with Crippen molar-refractivity contribution in [1.82, 2.24) is 5.01 Å². The maximum Gasteiger partial charge on any atom is 0.269 e. The van der Waals surface area contributed by atoms with Crippen LogP contribution in [0.2, 0.25) is 0 Å². The van der Waals surface area contributed by atoms with Crippen molar-refractivity contribution in [2.45, 2.75) is 13.0 Å². The van der Waals surface area contributed by atoms with Crippen molar-refractivity contribution in [3.8, 4) is 0 Å². The van der Waals surface area contributed by atoms with Crippen molar-refractivity contribution in [3.05, 3.63) is 34.4 Å². The van der Waals surface area contributed by atoms with E-state index >= 15 is 0 Å². The van der Waals surface area contributed by atoms with Crippen LogP contribution in [0.25, 0.3) is 0 Å². The normalized spacial score (nSPS) is 20.1. The second-order valence-corrected chi connectivity index (χ2v) is 3.75. The quantitative estimate of drug-likeness (QED) is 0.458. The van der Waals surface area contributed by atoms with Crippen LogP contribution < -0.4 is 0 Å². The summed E-state index contributed by atoms with van der Waals surface area (Å²) in [6.07, 6.45) is 0. The van der Waals surface area contributed by atoms with Gasteiger partial charge in [0, 0.05) is 12.1 Å². The van der Waals surface area contributed by atoms with E-state index in [9.17, 15) is 10.1 Å². The fourth-order valence-corrected chi connectivity index (χ4v) is 1.39. The number of benzene rings is 1. The van der Waals surface area contributed by atoms with Gasteiger partial charge in [-0.2, -0.15) is 0 Å². The molecule has 0 saturated carbocycles. The van der Waals surface area contributed by atoms with Crippen LogP contribution in [-0.2, 0) is 4.74 Å². The maximum atomic E-state index is 10.4. The Morgan fingerprint density at radius 3 is 2.71 bits per heavy atom. The Kier molecular flexibility index (Phi) is 3.29. The average Bonchev–Trinajstić information content (AvgIpc) is 2.73. The van der Waals surface area contributed by atoms with Crippen LogP contribution in [0.15, 0.2) is 34.6 Å². The van der Waals surface area contributed by atoms with Gasteiger partial charge >= 0.3 is 0 Å². The van der Waals surface area contributed by atoms with Crippen molar-refractivity contribution < 1.29 is 9.66 Å². The Hall–Kier alpha value is -2.02. The standard InChI is InChI=1S/C10H12N4O3/c1-8-6-17-7-13(8)12-11-9-2-4-10(5-3-9)14(15)16/h2-5,8H,6-7H2,1H3. The van der Waals surface area contributed by atoms with E-state index in [2.05, 4.69) is 10.3 Å². The molecule has 0 amide bonds. The summed E-state index contributed by atoms with van der Waals surface area (Å²) in [6, 6.07) is 6.12. The molecule has 1 unspecified atom stereocenters. The highest BCUT2D eigenvalue weighted by atomic mass is 16.6. The van der Waals surface area contributed by atoms with Crippen molar-refractivity contribution in [2.75, 3.05) is 13.3 Å². The second kappa shape index (κ2) is 4.88. The van der Waals surface area contributed by atoms with Crippen molar-refractivity contribution >= 4 is 11.4 Å². The van der Waals surface area contributed by atoms with Crippen LogP contribution in [0, 0.1) is 10.1 Å². The summed E-state index contributed by atoms with van der Waals surface area (Å²) >= 11 is 0. The molecule has 0 spiro atoms. The van der Waals surface area contributed by atoms with E-state index in [1.54, 1.807) is 17.1 Å². The lowest BCUT2D eigenvalue weighted by Gasteiger charge is -2.11. The zero-order valence-corrected chi connectivity index (χ0v) is 9.31. The molecule has 1 fully saturated rings. The molecule has 1 aliphatic rings. The average molecular weight is 236 g/mol. The van der Waals surface area contributed by atoms with Gasteiger partial charge in [-0.1, -0.05) is 5.22 Å². The summed E-state index contributed by atoms with van der Waals surface area (Å²) in [5.41, 5.74) is 0.622. The lowest BCUT2D eigenvalue weighted by atomic mass is 10.3. The predicted octanol–water partition coefficient (Wildman–Crippen LogP) is 2.27. The Bertz CT molecular complexity index is 432. The van der Waals surface area contributed by atoms with Gasteiger partial charge in [0.1, 0.15) is 6.73 Å². The van der Waals surface area contributed by atoms with Crippen LogP contribution in [0.1, 0.15) is 6.92 Å². The predicted molar refractivity (Wildman–Crippen MR) is 59.7 cm³/mol. The number of nitro groups is 1. The molecule has 0 bridgehead atoms. The van der Waals surface area contributed by atoms with E-state index in [-0.39, 0.29) is 11.7 Å². The van der Waals surface area contributed by atoms with E-state index in [0.29, 0.717) is 19.0 Å². The smallest absolute Gasteiger partial charge is 0.269 e. The third-order valence-corrected chi connectivity index (χ3v) is 2.43. The van der Waals surface area contributed by atoms with E-state index in [1.165, 1.54) is 12.1 Å². The zero-order valence-electron chi connectivity index (χ0n) is 9.31. The number of rotatable bonds is 3. The third kappa shape index (κ3) is 2.76. The molecule has 1 aromatic carbocycles. The Labute approximate surface area is 97.8 Å². The van der Waals surface area contributed by atoms with Gasteiger partial charge in [0.15, 0.2) is 0 Å². The fourth-order valence-electron chi connectivity index (χ4n) is 1.39. The molecule has 17 heavy (non-hydrogen) atoms. The topological polar surface area (TPSA) is 80.3 Å². The molecule has 1 saturated heterocycles. The maximum absolute atomic E-state index is 10.4. The minimum atomic E-state index is -0.447. The van der Waals surface area contributed by atoms with Gasteiger partial charge in [0.25, 0.3) is 5.69 Å². The van der Waals surface area contributed by atoms with E-state index in [0.717, 1.165) is 0 Å². The van der Waals surface area contributed by atoms with Crippen molar-refractivity contribution in [1.29, 1.82) is 0 Å². The summed E-state index contributed by atoms with van der Waals surface area (Å²) in [4.78, 5) is 10.0. The first-order valence-electron chi connectivity index (χ1n) is 5.17. The number of non-ortho nitro benzene ring substituents is 1. The van der Waals surface area contributed by atoms with Gasteiger partial charge in [-0.25, -0.2) is 5.01 Å². The lowest BCUT2D eigenvalue weighted by Crippen LogP contribution is -2.21.